The van der Waals surface area contributed by atoms with Gasteiger partial charge in [-0.15, -0.1) is 0 Å². The number of benzene rings is 2. The first-order valence-electron chi connectivity index (χ1n) is 9.67. The molecule has 5 rings (SSSR count). The number of fused-ring (bicyclic) bond motifs is 3. The lowest BCUT2D eigenvalue weighted by atomic mass is 9.85. The summed E-state index contributed by atoms with van der Waals surface area (Å²) in [6.07, 6.45) is 1.71. The highest BCUT2D eigenvalue weighted by Gasteiger charge is 2.64. The van der Waals surface area contributed by atoms with Gasteiger partial charge in [0.25, 0.3) is 0 Å². The molecule has 2 aromatic rings. The Morgan fingerprint density at radius 1 is 0.931 bits per heavy atom. The molecule has 7 heteroatoms. The van der Waals surface area contributed by atoms with Crippen molar-refractivity contribution < 1.29 is 14.4 Å². The fourth-order valence-electron chi connectivity index (χ4n) is 5.19. The third-order valence-electron chi connectivity index (χ3n) is 6.35. The number of hydrogen-bond donors (Lipinski definition) is 0. The Morgan fingerprint density at radius 3 is 2.41 bits per heavy atom. The quantitative estimate of drug-likeness (QED) is 0.550. The summed E-state index contributed by atoms with van der Waals surface area (Å²) in [7, 11) is 0. The molecule has 3 aliphatic rings. The van der Waals surface area contributed by atoms with E-state index in [1.807, 2.05) is 6.07 Å². The van der Waals surface area contributed by atoms with E-state index >= 15 is 0 Å². The van der Waals surface area contributed by atoms with Gasteiger partial charge in [-0.25, -0.2) is 4.90 Å². The molecule has 0 radical (unpaired) electrons. The second kappa shape index (κ2) is 6.94. The van der Waals surface area contributed by atoms with Crippen molar-refractivity contribution in [2.24, 2.45) is 11.8 Å². The van der Waals surface area contributed by atoms with Crippen LogP contribution in [0.2, 0.25) is 10.0 Å². The van der Waals surface area contributed by atoms with Crippen LogP contribution >= 0.6 is 23.2 Å². The van der Waals surface area contributed by atoms with Gasteiger partial charge in [0.05, 0.1) is 33.6 Å². The third-order valence-corrected chi connectivity index (χ3v) is 7.16. The fourth-order valence-corrected chi connectivity index (χ4v) is 5.57. The molecule has 3 fully saturated rings. The Morgan fingerprint density at radius 2 is 1.66 bits per heavy atom. The predicted octanol–water partition coefficient (Wildman–Crippen LogP) is 3.83. The van der Waals surface area contributed by atoms with Gasteiger partial charge >= 0.3 is 0 Å². The molecule has 29 heavy (non-hydrogen) atoms. The summed E-state index contributed by atoms with van der Waals surface area (Å²) in [6.45, 7) is 0.722. The minimum atomic E-state index is -0.699. The number of Topliss-reactive ketones (excluding diaryl/α,β-unsaturated/α-hetero) is 1. The van der Waals surface area contributed by atoms with E-state index in [2.05, 4.69) is 4.90 Å². The predicted molar refractivity (Wildman–Crippen MR) is 110 cm³/mol. The first kappa shape index (κ1) is 18.8. The zero-order valence-corrected chi connectivity index (χ0v) is 16.9. The highest BCUT2D eigenvalue weighted by molar-refractivity contribution is 6.45. The van der Waals surface area contributed by atoms with Crippen molar-refractivity contribution in [1.82, 2.24) is 4.90 Å². The van der Waals surface area contributed by atoms with Gasteiger partial charge in [-0.2, -0.15) is 0 Å². The highest BCUT2D eigenvalue weighted by atomic mass is 35.5. The summed E-state index contributed by atoms with van der Waals surface area (Å²) in [5, 5.41) is 0.450. The molecule has 0 unspecified atom stereocenters. The van der Waals surface area contributed by atoms with Crippen LogP contribution in [0.25, 0.3) is 0 Å². The zero-order valence-electron chi connectivity index (χ0n) is 15.4. The molecule has 4 atom stereocenters. The number of ketones is 1. The maximum Gasteiger partial charge on any atom is 0.239 e. The normalized spacial score (nSPS) is 28.7. The topological polar surface area (TPSA) is 57.7 Å². The standard InChI is InChI=1S/C22H18Cl2N2O3/c23-13-8-4-9-15(18(13)24)26-21(28)16-14-10-5-11-25(14)19(17(16)22(26)29)20(27)12-6-2-1-3-7-12/h1-4,6-9,14,16-17,19H,5,10-11H2/t14-,16-,17-,19-/m1/s1. The van der Waals surface area contributed by atoms with Crippen LogP contribution in [0, 0.1) is 11.8 Å². The van der Waals surface area contributed by atoms with Gasteiger partial charge in [-0.1, -0.05) is 59.6 Å². The molecule has 3 heterocycles. The van der Waals surface area contributed by atoms with Crippen molar-refractivity contribution in [3.63, 3.8) is 0 Å². The molecule has 2 aromatic carbocycles. The number of carbonyl (C=O) groups is 3. The number of halogens is 2. The molecule has 0 bridgehead atoms. The smallest absolute Gasteiger partial charge is 0.239 e. The minimum absolute atomic E-state index is 0.0999. The van der Waals surface area contributed by atoms with Gasteiger partial charge < -0.3 is 0 Å². The summed E-state index contributed by atoms with van der Waals surface area (Å²) < 4.78 is 0. The van der Waals surface area contributed by atoms with Gasteiger partial charge in [-0.05, 0) is 31.5 Å². The number of imide groups is 1. The van der Waals surface area contributed by atoms with Crippen molar-refractivity contribution in [1.29, 1.82) is 0 Å². The van der Waals surface area contributed by atoms with E-state index in [-0.39, 0.29) is 33.7 Å². The van der Waals surface area contributed by atoms with Gasteiger partial charge in [0.15, 0.2) is 5.78 Å². The van der Waals surface area contributed by atoms with Crippen LogP contribution in [-0.2, 0) is 9.59 Å². The molecule has 0 spiro atoms. The number of nitrogens with zero attached hydrogens (tertiary/aromatic N) is 2. The fraction of sp³-hybridized carbons (Fsp3) is 0.318. The Kier molecular flexibility index (Phi) is 4.50. The molecule has 3 aliphatic heterocycles. The van der Waals surface area contributed by atoms with Gasteiger partial charge in [0.2, 0.25) is 11.8 Å². The first-order valence-corrected chi connectivity index (χ1v) is 10.4. The van der Waals surface area contributed by atoms with Gasteiger partial charge in [0, 0.05) is 11.6 Å². The van der Waals surface area contributed by atoms with Gasteiger partial charge in [-0.3, -0.25) is 19.3 Å². The summed E-state index contributed by atoms with van der Waals surface area (Å²) >= 11 is 12.4. The SMILES string of the molecule is O=C(c1ccccc1)[C@H]1[C@@H]2C(=O)N(c3cccc(Cl)c3Cl)C(=O)[C@@H]2[C@H]2CCCN21. The summed E-state index contributed by atoms with van der Waals surface area (Å²) in [5.74, 6) is -1.99. The molecule has 5 nitrogen and oxygen atoms in total. The first-order chi connectivity index (χ1) is 14.0. The van der Waals surface area contributed by atoms with Crippen molar-refractivity contribution in [2.75, 3.05) is 11.4 Å². The Balaban J connectivity index is 1.58. The molecular formula is C22H18Cl2N2O3. The Bertz CT molecular complexity index is 1030. The zero-order chi connectivity index (χ0) is 20.3. The molecule has 0 N–H and O–H groups in total. The molecular weight excluding hydrogens is 411 g/mol. The summed E-state index contributed by atoms with van der Waals surface area (Å²) in [4.78, 5) is 43.4. The lowest BCUT2D eigenvalue weighted by Gasteiger charge is -2.27. The number of anilines is 1. The minimum Gasteiger partial charge on any atom is -0.292 e. The molecule has 148 valence electrons. The third kappa shape index (κ3) is 2.68. The van der Waals surface area contributed by atoms with Crippen molar-refractivity contribution in [3.8, 4) is 0 Å². The van der Waals surface area contributed by atoms with E-state index in [9.17, 15) is 14.4 Å². The van der Waals surface area contributed by atoms with E-state index in [4.69, 9.17) is 23.2 Å². The molecule has 2 amide bonds. The molecule has 3 saturated heterocycles. The van der Waals surface area contributed by atoms with Crippen LogP contribution in [-0.4, -0.2) is 41.1 Å². The highest BCUT2D eigenvalue weighted by Crippen LogP contribution is 2.49. The number of hydrogen-bond acceptors (Lipinski definition) is 4. The lowest BCUT2D eigenvalue weighted by molar-refractivity contribution is -0.123. The summed E-state index contributed by atoms with van der Waals surface area (Å²) in [6, 6.07) is 13.1. The van der Waals surface area contributed by atoms with E-state index in [0.717, 1.165) is 24.3 Å². The van der Waals surface area contributed by atoms with Crippen molar-refractivity contribution in [2.45, 2.75) is 24.9 Å². The number of carbonyl (C=O) groups excluding carboxylic acids is 3. The van der Waals surface area contributed by atoms with Crippen LogP contribution in [0.1, 0.15) is 23.2 Å². The van der Waals surface area contributed by atoms with Crippen molar-refractivity contribution >= 4 is 46.5 Å². The average Bonchev–Trinajstić information content (AvgIpc) is 3.37. The maximum absolute atomic E-state index is 13.5. The van der Waals surface area contributed by atoms with Crippen LogP contribution in [0.15, 0.2) is 48.5 Å². The van der Waals surface area contributed by atoms with E-state index in [1.165, 1.54) is 0 Å². The van der Waals surface area contributed by atoms with Gasteiger partial charge in [0.1, 0.15) is 0 Å². The van der Waals surface area contributed by atoms with E-state index in [1.54, 1.807) is 42.5 Å². The number of amides is 2. The molecule has 0 aromatic heterocycles. The van der Waals surface area contributed by atoms with E-state index < -0.39 is 17.9 Å². The summed E-state index contributed by atoms with van der Waals surface area (Å²) in [5.41, 5.74) is 0.849. The average molecular weight is 429 g/mol. The van der Waals surface area contributed by atoms with Crippen LogP contribution in [0.4, 0.5) is 5.69 Å². The monoisotopic (exact) mass is 428 g/mol. The lowest BCUT2D eigenvalue weighted by Crippen LogP contribution is -2.46. The Labute approximate surface area is 178 Å². The largest absolute Gasteiger partial charge is 0.292 e. The second-order valence-electron chi connectivity index (χ2n) is 7.76. The van der Waals surface area contributed by atoms with Crippen molar-refractivity contribution in [3.05, 3.63) is 64.1 Å². The second-order valence-corrected chi connectivity index (χ2v) is 8.54. The van der Waals surface area contributed by atoms with Crippen LogP contribution in [0.5, 0.6) is 0 Å². The van der Waals surface area contributed by atoms with Crippen LogP contribution in [0.3, 0.4) is 0 Å². The maximum atomic E-state index is 13.5. The van der Waals surface area contributed by atoms with Crippen LogP contribution < -0.4 is 4.90 Å². The molecule has 0 aliphatic carbocycles. The Hall–Kier alpha value is -2.21. The number of rotatable bonds is 3. The van der Waals surface area contributed by atoms with E-state index in [0.29, 0.717) is 11.3 Å². The molecule has 0 saturated carbocycles.